The molecule has 0 fully saturated rings. The largest absolute Gasteiger partial charge is 0.483 e. The molecule has 8 nitrogen and oxygen atoms in total. The van der Waals surface area contributed by atoms with Crippen molar-refractivity contribution >= 4 is 38.9 Å². The average molecular weight is 497 g/mol. The second-order valence-electron chi connectivity index (χ2n) is 7.59. The Hall–Kier alpha value is -3.45. The van der Waals surface area contributed by atoms with E-state index >= 15 is 0 Å². The number of hydrogen-bond donors (Lipinski definition) is 0. The summed E-state index contributed by atoms with van der Waals surface area (Å²) in [6, 6.07) is 14.1. The Bertz CT molecular complexity index is 1460. The van der Waals surface area contributed by atoms with Crippen LogP contribution in [0.2, 0.25) is 5.02 Å². The van der Waals surface area contributed by atoms with Gasteiger partial charge in [-0.15, -0.1) is 0 Å². The molecular weight excluding hydrogens is 476 g/mol. The fraction of sp³-hybridized carbons (Fsp3) is 0.208. The summed E-state index contributed by atoms with van der Waals surface area (Å²) >= 11 is 6.10. The van der Waals surface area contributed by atoms with Gasteiger partial charge in [0.25, 0.3) is 0 Å². The highest BCUT2D eigenvalue weighted by molar-refractivity contribution is 7.89. The number of allylic oxidation sites excluding steroid dienone is 1. The quantitative estimate of drug-likeness (QED) is 0.368. The first-order valence-electron chi connectivity index (χ1n) is 10.4. The van der Waals surface area contributed by atoms with E-state index in [9.17, 15) is 13.7 Å². The van der Waals surface area contributed by atoms with Crippen molar-refractivity contribution in [2.75, 3.05) is 20.7 Å². The smallest absolute Gasteiger partial charge is 0.243 e. The van der Waals surface area contributed by atoms with Gasteiger partial charge in [0, 0.05) is 36.3 Å². The number of fused-ring (bicyclic) bond motifs is 3. The van der Waals surface area contributed by atoms with E-state index in [4.69, 9.17) is 21.1 Å². The zero-order chi connectivity index (χ0) is 24.5. The summed E-state index contributed by atoms with van der Waals surface area (Å²) in [7, 11) is -0.909. The van der Waals surface area contributed by atoms with Gasteiger partial charge in [0.1, 0.15) is 17.2 Å². The van der Waals surface area contributed by atoms with Gasteiger partial charge in [0.2, 0.25) is 15.9 Å². The van der Waals surface area contributed by atoms with E-state index in [2.05, 4.69) is 16.0 Å². The number of sulfonamides is 1. The normalized spacial score (nSPS) is 15.9. The fourth-order valence-electron chi connectivity index (χ4n) is 3.74. The molecule has 0 saturated carbocycles. The Morgan fingerprint density at radius 3 is 2.68 bits per heavy atom. The molecule has 3 aromatic rings. The minimum absolute atomic E-state index is 0.0542. The van der Waals surface area contributed by atoms with Crippen molar-refractivity contribution in [3.8, 4) is 11.8 Å². The van der Waals surface area contributed by atoms with Gasteiger partial charge in [-0.25, -0.2) is 12.7 Å². The molecule has 174 valence electrons. The highest BCUT2D eigenvalue weighted by Crippen LogP contribution is 2.47. The van der Waals surface area contributed by atoms with Crippen LogP contribution in [-0.2, 0) is 14.8 Å². The predicted octanol–water partition coefficient (Wildman–Crippen LogP) is 4.46. The van der Waals surface area contributed by atoms with Crippen LogP contribution in [0.3, 0.4) is 0 Å². The van der Waals surface area contributed by atoms with Crippen molar-refractivity contribution < 1.29 is 17.9 Å². The average Bonchev–Trinajstić information content (AvgIpc) is 2.83. The highest BCUT2D eigenvalue weighted by Gasteiger charge is 2.36. The second kappa shape index (κ2) is 9.43. The molecule has 1 atom stereocenters. The van der Waals surface area contributed by atoms with Crippen LogP contribution in [0.25, 0.3) is 10.9 Å². The SMILES string of the molecule is CCO/C=N/C1=C(C#N)C(c2ccc(Cl)cc2)c2cc(S(=O)(=O)N(C)C)c3cccnc3c2O1. The third-order valence-corrected chi connectivity index (χ3v) is 7.47. The van der Waals surface area contributed by atoms with Gasteiger partial charge in [-0.3, -0.25) is 4.98 Å². The van der Waals surface area contributed by atoms with E-state index in [1.807, 2.05) is 6.92 Å². The third kappa shape index (κ3) is 4.12. The van der Waals surface area contributed by atoms with Gasteiger partial charge in [0.05, 0.1) is 17.4 Å². The van der Waals surface area contributed by atoms with E-state index in [1.54, 1.807) is 48.7 Å². The van der Waals surface area contributed by atoms with E-state index in [1.165, 1.54) is 20.5 Å². The monoisotopic (exact) mass is 496 g/mol. The van der Waals surface area contributed by atoms with Crippen LogP contribution >= 0.6 is 11.6 Å². The molecular formula is C24H21ClN4O4S. The van der Waals surface area contributed by atoms with Gasteiger partial charge in [-0.05, 0) is 42.8 Å². The highest BCUT2D eigenvalue weighted by atomic mass is 35.5. The maximum Gasteiger partial charge on any atom is 0.243 e. The molecule has 0 spiro atoms. The number of hydrogen-bond acceptors (Lipinski definition) is 7. The summed E-state index contributed by atoms with van der Waals surface area (Å²) in [6.45, 7) is 2.20. The molecule has 10 heteroatoms. The summed E-state index contributed by atoms with van der Waals surface area (Å²) in [5, 5.41) is 11.0. The van der Waals surface area contributed by atoms with E-state index < -0.39 is 15.9 Å². The summed E-state index contributed by atoms with van der Waals surface area (Å²) in [5.74, 6) is -0.281. The number of pyridine rings is 1. The number of nitrogens with zero attached hydrogens (tertiary/aromatic N) is 4. The van der Waals surface area contributed by atoms with Crippen LogP contribution in [0.15, 0.2) is 70.0 Å². The maximum absolute atomic E-state index is 13.2. The molecule has 34 heavy (non-hydrogen) atoms. The molecule has 1 aliphatic heterocycles. The van der Waals surface area contributed by atoms with E-state index in [0.717, 1.165) is 9.87 Å². The minimum atomic E-state index is -3.84. The van der Waals surface area contributed by atoms with Crippen LogP contribution < -0.4 is 4.74 Å². The Morgan fingerprint density at radius 2 is 2.03 bits per heavy atom. The van der Waals surface area contributed by atoms with Crippen LogP contribution in [0.1, 0.15) is 24.0 Å². The Morgan fingerprint density at radius 1 is 1.29 bits per heavy atom. The topological polar surface area (TPSA) is 105 Å². The van der Waals surface area contributed by atoms with Crippen LogP contribution in [0.4, 0.5) is 0 Å². The summed E-state index contributed by atoms with van der Waals surface area (Å²) in [5.41, 5.74) is 1.76. The molecule has 2 aromatic carbocycles. The molecule has 0 saturated heterocycles. The Kier molecular flexibility index (Phi) is 6.57. The van der Waals surface area contributed by atoms with Crippen molar-refractivity contribution in [3.05, 3.63) is 76.3 Å². The van der Waals surface area contributed by atoms with Crippen molar-refractivity contribution in [2.24, 2.45) is 4.99 Å². The van der Waals surface area contributed by atoms with Crippen molar-refractivity contribution in [1.82, 2.24) is 9.29 Å². The summed E-state index contributed by atoms with van der Waals surface area (Å²) in [4.78, 5) is 8.74. The molecule has 0 aliphatic carbocycles. The van der Waals surface area contributed by atoms with Gasteiger partial charge in [-0.2, -0.15) is 10.3 Å². The fourth-order valence-corrected chi connectivity index (χ4v) is 4.98. The zero-order valence-electron chi connectivity index (χ0n) is 18.7. The third-order valence-electron chi connectivity index (χ3n) is 5.36. The second-order valence-corrected chi connectivity index (χ2v) is 10.1. The minimum Gasteiger partial charge on any atom is -0.483 e. The molecule has 0 bridgehead atoms. The number of aromatic nitrogens is 1. The molecule has 2 heterocycles. The summed E-state index contributed by atoms with van der Waals surface area (Å²) in [6.07, 6.45) is 2.78. The summed E-state index contributed by atoms with van der Waals surface area (Å²) < 4.78 is 38.9. The van der Waals surface area contributed by atoms with Gasteiger partial charge < -0.3 is 9.47 Å². The zero-order valence-corrected chi connectivity index (χ0v) is 20.3. The molecule has 0 amide bonds. The van der Waals surface area contributed by atoms with E-state index in [0.29, 0.717) is 33.8 Å². The van der Waals surface area contributed by atoms with Crippen LogP contribution in [0.5, 0.6) is 5.75 Å². The molecule has 1 unspecified atom stereocenters. The first kappa shape index (κ1) is 23.7. The van der Waals surface area contributed by atoms with Crippen molar-refractivity contribution in [2.45, 2.75) is 17.7 Å². The van der Waals surface area contributed by atoms with Gasteiger partial charge in [-0.1, -0.05) is 23.7 Å². The standard InChI is InChI=1S/C24H21ClN4O4S/c1-4-32-14-28-24-19(13-26)21(15-7-9-16(25)10-8-15)18-12-20(34(30,31)29(2)3)17-6-5-11-27-22(17)23(18)33-24/h5-12,14,21H,4H2,1-3H3/b28-14+. The van der Waals surface area contributed by atoms with Gasteiger partial charge >= 0.3 is 0 Å². The van der Waals surface area contributed by atoms with E-state index in [-0.39, 0.29) is 16.4 Å². The number of aliphatic imine (C=N–C) groups is 1. The molecule has 0 radical (unpaired) electrons. The van der Waals surface area contributed by atoms with Crippen LogP contribution in [0, 0.1) is 11.3 Å². The van der Waals surface area contributed by atoms with Crippen molar-refractivity contribution in [3.63, 3.8) is 0 Å². The first-order valence-corrected chi connectivity index (χ1v) is 12.2. The lowest BCUT2D eigenvalue weighted by Crippen LogP contribution is -2.24. The number of benzene rings is 2. The number of nitriles is 1. The lowest BCUT2D eigenvalue weighted by atomic mass is 9.83. The Labute approximate surface area is 202 Å². The number of rotatable bonds is 6. The maximum atomic E-state index is 13.2. The molecule has 0 N–H and O–H groups in total. The predicted molar refractivity (Wildman–Crippen MR) is 129 cm³/mol. The van der Waals surface area contributed by atoms with Crippen LogP contribution in [-0.4, -0.2) is 44.8 Å². The van der Waals surface area contributed by atoms with Crippen molar-refractivity contribution in [1.29, 1.82) is 5.26 Å². The Balaban J connectivity index is 2.09. The first-order chi connectivity index (χ1) is 16.3. The number of halogens is 1. The van der Waals surface area contributed by atoms with Gasteiger partial charge in [0.15, 0.2) is 12.2 Å². The molecule has 4 rings (SSSR count). The molecule has 1 aromatic heterocycles. The molecule has 1 aliphatic rings. The number of ether oxygens (including phenoxy) is 2. The lowest BCUT2D eigenvalue weighted by Gasteiger charge is -2.28. The lowest BCUT2D eigenvalue weighted by molar-refractivity contribution is 0.336.